The molecular formula is C32H35N3O4S. The molecule has 6 rings (SSSR count). The van der Waals surface area contributed by atoms with E-state index in [0.717, 1.165) is 11.3 Å². The van der Waals surface area contributed by atoms with E-state index in [-0.39, 0.29) is 24.3 Å². The van der Waals surface area contributed by atoms with Crippen LogP contribution in [0.5, 0.6) is 0 Å². The highest BCUT2D eigenvalue weighted by Crippen LogP contribution is 2.66. The molecule has 0 saturated carbocycles. The SMILES string of the molecule is CC[C@@H](CO)N1C(=O)[C@@H]2[C@@H]3C(=O)N(c4ccccc4)CC=C[C@]3(C)S[C@@]23C=CCN(Cc2ccccc2)C(=O)C13. The number of benzene rings is 2. The number of aliphatic hydroxyl groups excluding tert-OH is 1. The van der Waals surface area contributed by atoms with E-state index >= 15 is 0 Å². The van der Waals surface area contributed by atoms with Gasteiger partial charge in [-0.3, -0.25) is 14.4 Å². The minimum atomic E-state index is -0.929. The van der Waals surface area contributed by atoms with Gasteiger partial charge in [0, 0.05) is 30.1 Å². The minimum absolute atomic E-state index is 0.106. The van der Waals surface area contributed by atoms with Crippen LogP contribution in [0, 0.1) is 11.8 Å². The molecule has 6 atom stereocenters. The number of hydrogen-bond acceptors (Lipinski definition) is 5. The first-order valence-corrected chi connectivity index (χ1v) is 14.8. The summed E-state index contributed by atoms with van der Waals surface area (Å²) in [7, 11) is 0. The van der Waals surface area contributed by atoms with Gasteiger partial charge in [-0.15, -0.1) is 11.8 Å². The van der Waals surface area contributed by atoms with E-state index in [4.69, 9.17) is 0 Å². The molecule has 2 fully saturated rings. The Hall–Kier alpha value is -3.36. The van der Waals surface area contributed by atoms with Crippen molar-refractivity contribution >= 4 is 35.2 Å². The minimum Gasteiger partial charge on any atom is -0.394 e. The van der Waals surface area contributed by atoms with E-state index in [0.29, 0.717) is 26.1 Å². The number of aliphatic hydroxyl groups is 1. The first-order chi connectivity index (χ1) is 19.3. The molecule has 2 aromatic rings. The van der Waals surface area contributed by atoms with Gasteiger partial charge in [0.15, 0.2) is 0 Å². The number of nitrogens with zero attached hydrogens (tertiary/aromatic N) is 3. The molecule has 4 aliphatic heterocycles. The summed E-state index contributed by atoms with van der Waals surface area (Å²) in [6.45, 7) is 4.96. The summed E-state index contributed by atoms with van der Waals surface area (Å²) in [5.74, 6) is -1.86. The number of carbonyl (C=O) groups is 3. The molecule has 1 unspecified atom stereocenters. The number of thioether (sulfide) groups is 1. The van der Waals surface area contributed by atoms with Crippen molar-refractivity contribution in [3.05, 3.63) is 90.5 Å². The third-order valence-electron chi connectivity index (χ3n) is 8.94. The maximum absolute atomic E-state index is 14.5. The van der Waals surface area contributed by atoms with Crippen LogP contribution in [0.3, 0.4) is 0 Å². The monoisotopic (exact) mass is 557 g/mol. The van der Waals surface area contributed by atoms with Crippen LogP contribution in [0.25, 0.3) is 0 Å². The van der Waals surface area contributed by atoms with Gasteiger partial charge in [0.25, 0.3) is 0 Å². The normalized spacial score (nSPS) is 32.0. The molecule has 8 heteroatoms. The van der Waals surface area contributed by atoms with Crippen molar-refractivity contribution in [2.24, 2.45) is 11.8 Å². The maximum Gasteiger partial charge on any atom is 0.247 e. The van der Waals surface area contributed by atoms with Gasteiger partial charge in [-0.05, 0) is 31.0 Å². The molecule has 0 radical (unpaired) electrons. The van der Waals surface area contributed by atoms with Crippen molar-refractivity contribution in [2.45, 2.75) is 48.4 Å². The predicted molar refractivity (Wildman–Crippen MR) is 156 cm³/mol. The third kappa shape index (κ3) is 4.03. The van der Waals surface area contributed by atoms with Crippen LogP contribution in [0.1, 0.15) is 25.8 Å². The third-order valence-corrected chi connectivity index (χ3v) is 10.7. The number of rotatable bonds is 6. The lowest BCUT2D eigenvalue weighted by Crippen LogP contribution is -2.56. The summed E-state index contributed by atoms with van der Waals surface area (Å²) in [5.41, 5.74) is 1.80. The van der Waals surface area contributed by atoms with E-state index in [2.05, 4.69) is 6.08 Å². The number of carbonyl (C=O) groups excluding carboxylic acids is 3. The second kappa shape index (κ2) is 10.2. The fraction of sp³-hybridized carbons (Fsp3) is 0.406. The maximum atomic E-state index is 14.5. The Balaban J connectivity index is 1.46. The van der Waals surface area contributed by atoms with Crippen LogP contribution < -0.4 is 4.90 Å². The van der Waals surface area contributed by atoms with E-state index in [1.54, 1.807) is 26.5 Å². The Bertz CT molecular complexity index is 1360. The number of hydrogen-bond donors (Lipinski definition) is 1. The lowest BCUT2D eigenvalue weighted by molar-refractivity contribution is -0.146. The van der Waals surface area contributed by atoms with E-state index < -0.39 is 33.4 Å². The molecular weight excluding hydrogens is 522 g/mol. The second-order valence-electron chi connectivity index (χ2n) is 11.3. The zero-order valence-corrected chi connectivity index (χ0v) is 23.7. The summed E-state index contributed by atoms with van der Waals surface area (Å²) >= 11 is 1.57. The van der Waals surface area contributed by atoms with Gasteiger partial charge in [-0.25, -0.2) is 0 Å². The smallest absolute Gasteiger partial charge is 0.247 e. The van der Waals surface area contributed by atoms with E-state index in [1.165, 1.54) is 0 Å². The largest absolute Gasteiger partial charge is 0.394 e. The number of amides is 3. The number of anilines is 1. The molecule has 40 heavy (non-hydrogen) atoms. The van der Waals surface area contributed by atoms with Crippen molar-refractivity contribution in [1.82, 2.24) is 9.80 Å². The summed E-state index contributed by atoms with van der Waals surface area (Å²) in [5, 5.41) is 10.4. The Morgan fingerprint density at radius 1 is 0.900 bits per heavy atom. The Kier molecular flexibility index (Phi) is 6.87. The first-order valence-electron chi connectivity index (χ1n) is 14.0. The molecule has 1 spiro atoms. The molecule has 208 valence electrons. The molecule has 0 aliphatic carbocycles. The summed E-state index contributed by atoms with van der Waals surface area (Å²) in [6.07, 6.45) is 8.62. The fourth-order valence-electron chi connectivity index (χ4n) is 7.10. The van der Waals surface area contributed by atoms with Crippen LogP contribution in [0.15, 0.2) is 85.0 Å². The van der Waals surface area contributed by atoms with Crippen molar-refractivity contribution in [3.63, 3.8) is 0 Å². The van der Waals surface area contributed by atoms with Gasteiger partial charge < -0.3 is 19.8 Å². The van der Waals surface area contributed by atoms with Gasteiger partial charge in [0.1, 0.15) is 6.04 Å². The Labute approximate surface area is 239 Å². The van der Waals surface area contributed by atoms with Crippen molar-refractivity contribution in [2.75, 3.05) is 24.6 Å². The zero-order chi connectivity index (χ0) is 28.1. The van der Waals surface area contributed by atoms with Crippen molar-refractivity contribution in [1.29, 1.82) is 0 Å². The number of likely N-dealkylation sites (tertiary alicyclic amines) is 1. The number of para-hydroxylation sites is 1. The molecule has 0 aromatic heterocycles. The van der Waals surface area contributed by atoms with E-state index in [1.807, 2.05) is 92.7 Å². The van der Waals surface area contributed by atoms with Gasteiger partial charge in [0.2, 0.25) is 17.7 Å². The summed E-state index contributed by atoms with van der Waals surface area (Å²) < 4.78 is -1.60. The van der Waals surface area contributed by atoms with Gasteiger partial charge in [-0.2, -0.15) is 0 Å². The number of fused-ring (bicyclic) bond motifs is 2. The standard InChI is InChI=1S/C32H35N3O4S/c1-3-23(21-36)35-27-30(39)33(20-22-12-6-4-7-13-22)18-11-17-32(27)26(29(35)38)25-28(37)34(24-14-8-5-9-15-24)19-10-16-31(25,2)40-32/h4-17,23,25-27,36H,3,18-21H2,1-2H3/t23-,25+,26-,27?,31-,32-/m0/s1. The van der Waals surface area contributed by atoms with Crippen LogP contribution in [0.2, 0.25) is 0 Å². The average Bonchev–Trinajstić information content (AvgIpc) is 3.24. The molecule has 3 amide bonds. The second-order valence-corrected chi connectivity index (χ2v) is 13.1. The van der Waals surface area contributed by atoms with Crippen LogP contribution in [-0.2, 0) is 20.9 Å². The Morgan fingerprint density at radius 2 is 1.57 bits per heavy atom. The highest BCUT2D eigenvalue weighted by Gasteiger charge is 2.74. The summed E-state index contributed by atoms with van der Waals surface area (Å²) in [4.78, 5) is 48.6. The zero-order valence-electron chi connectivity index (χ0n) is 22.8. The predicted octanol–water partition coefficient (Wildman–Crippen LogP) is 3.65. The average molecular weight is 558 g/mol. The van der Waals surface area contributed by atoms with Crippen molar-refractivity contribution < 1.29 is 19.5 Å². The van der Waals surface area contributed by atoms with E-state index in [9.17, 15) is 19.5 Å². The van der Waals surface area contributed by atoms with Crippen LogP contribution in [0.4, 0.5) is 5.69 Å². The molecule has 0 bridgehead atoms. The van der Waals surface area contributed by atoms with Gasteiger partial charge in [-0.1, -0.05) is 79.8 Å². The molecule has 1 N–H and O–H groups in total. The van der Waals surface area contributed by atoms with Gasteiger partial charge in [0.05, 0.1) is 29.2 Å². The summed E-state index contributed by atoms with van der Waals surface area (Å²) in [6, 6.07) is 18.0. The van der Waals surface area contributed by atoms with Crippen LogP contribution in [-0.4, -0.2) is 73.9 Å². The lowest BCUT2D eigenvalue weighted by atomic mass is 9.74. The topological polar surface area (TPSA) is 81.2 Å². The van der Waals surface area contributed by atoms with Gasteiger partial charge >= 0.3 is 0 Å². The molecule has 4 aliphatic rings. The van der Waals surface area contributed by atoms with Crippen molar-refractivity contribution in [3.8, 4) is 0 Å². The lowest BCUT2D eigenvalue weighted by Gasteiger charge is -2.39. The highest BCUT2D eigenvalue weighted by molar-refractivity contribution is 8.02. The molecule has 2 saturated heterocycles. The molecule has 2 aromatic carbocycles. The molecule has 7 nitrogen and oxygen atoms in total. The highest BCUT2D eigenvalue weighted by atomic mass is 32.2. The molecule has 4 heterocycles. The Morgan fingerprint density at radius 3 is 2.25 bits per heavy atom. The fourth-order valence-corrected chi connectivity index (χ4v) is 9.24. The first kappa shape index (κ1) is 26.8. The quantitative estimate of drug-likeness (QED) is 0.549. The van der Waals surface area contributed by atoms with Crippen LogP contribution >= 0.6 is 11.8 Å².